The lowest BCUT2D eigenvalue weighted by atomic mass is 9.70. The second kappa shape index (κ2) is 9.62. The fourth-order valence-electron chi connectivity index (χ4n) is 5.75. The summed E-state index contributed by atoms with van der Waals surface area (Å²) in [5.74, 6) is -0.532. The van der Waals surface area contributed by atoms with Gasteiger partial charge in [-0.15, -0.1) is 0 Å². The lowest BCUT2D eigenvalue weighted by molar-refractivity contribution is -0.139. The highest BCUT2D eigenvalue weighted by atomic mass is 32.2. The Labute approximate surface area is 218 Å². The van der Waals surface area contributed by atoms with E-state index in [1.54, 1.807) is 23.0 Å². The largest absolute Gasteiger partial charge is 0.417 e. The van der Waals surface area contributed by atoms with Crippen molar-refractivity contribution in [1.29, 1.82) is 0 Å². The molecule has 2 atom stereocenters. The van der Waals surface area contributed by atoms with Crippen LogP contribution in [0.15, 0.2) is 65.2 Å². The number of halogens is 4. The third-order valence-corrected chi connectivity index (χ3v) is 9.73. The van der Waals surface area contributed by atoms with Crippen LogP contribution in [0.2, 0.25) is 0 Å². The van der Waals surface area contributed by atoms with Crippen LogP contribution < -0.4 is 0 Å². The van der Waals surface area contributed by atoms with Crippen LogP contribution >= 0.6 is 0 Å². The molecule has 2 aliphatic rings. The van der Waals surface area contributed by atoms with Crippen molar-refractivity contribution in [3.05, 3.63) is 82.9 Å². The molecule has 0 saturated heterocycles. The summed E-state index contributed by atoms with van der Waals surface area (Å²) >= 11 is 0. The highest BCUT2D eigenvalue weighted by molar-refractivity contribution is 7.89. The first-order valence-electron chi connectivity index (χ1n) is 12.3. The molecule has 1 saturated carbocycles. The van der Waals surface area contributed by atoms with Crippen molar-refractivity contribution in [2.45, 2.75) is 37.3 Å². The fourth-order valence-corrected chi connectivity index (χ4v) is 7.43. The second-order valence-electron chi connectivity index (χ2n) is 10.0. The summed E-state index contributed by atoms with van der Waals surface area (Å²) in [4.78, 5) is -0.814. The Hall–Kier alpha value is -3.02. The van der Waals surface area contributed by atoms with Crippen LogP contribution in [0.1, 0.15) is 36.6 Å². The average Bonchev–Trinajstić information content (AvgIpc) is 3.41. The molecule has 1 N–H and O–H groups in total. The number of aliphatic hydroxyl groups is 1. The quantitative estimate of drug-likeness (QED) is 0.418. The number of nitrogens with zero attached hydrogens (tertiary/aromatic N) is 3. The van der Waals surface area contributed by atoms with Crippen molar-refractivity contribution >= 4 is 16.1 Å². The number of hydrogen-bond donors (Lipinski definition) is 1. The third-order valence-electron chi connectivity index (χ3n) is 7.81. The zero-order chi connectivity index (χ0) is 27.3. The van der Waals surface area contributed by atoms with Gasteiger partial charge in [-0.3, -0.25) is 0 Å². The molecular formula is C27H27F4N3O3S. The molecule has 38 heavy (non-hydrogen) atoms. The van der Waals surface area contributed by atoms with Gasteiger partial charge in [0.05, 0.1) is 34.6 Å². The van der Waals surface area contributed by atoms with Crippen LogP contribution in [0.3, 0.4) is 0 Å². The monoisotopic (exact) mass is 549 g/mol. The van der Waals surface area contributed by atoms with Gasteiger partial charge in [0.25, 0.3) is 0 Å². The minimum absolute atomic E-state index is 0.0235. The number of hydrogen-bond acceptors (Lipinski definition) is 4. The predicted octanol–water partition coefficient (Wildman–Crippen LogP) is 5.07. The minimum Gasteiger partial charge on any atom is -0.395 e. The molecule has 5 rings (SSSR count). The SMILES string of the molecule is C[C@]12Cc3cnn(-c4ccc(F)cc4)c3C=C1CC[C@@H]2CN(CCO)S(=O)(=O)c1ccccc1C(F)(F)F. The van der Waals surface area contributed by atoms with Crippen LogP contribution in [-0.4, -0.2) is 47.3 Å². The molecule has 202 valence electrons. The van der Waals surface area contributed by atoms with E-state index in [0.29, 0.717) is 24.9 Å². The van der Waals surface area contributed by atoms with Gasteiger partial charge in [-0.25, -0.2) is 17.5 Å². The van der Waals surface area contributed by atoms with E-state index in [2.05, 4.69) is 5.10 Å². The molecule has 11 heteroatoms. The van der Waals surface area contributed by atoms with Gasteiger partial charge in [0.2, 0.25) is 10.0 Å². The Morgan fingerprint density at radius 2 is 1.87 bits per heavy atom. The summed E-state index contributed by atoms with van der Waals surface area (Å²) in [7, 11) is -4.54. The lowest BCUT2D eigenvalue weighted by Crippen LogP contribution is -2.42. The Kier molecular flexibility index (Phi) is 6.73. The van der Waals surface area contributed by atoms with Crippen LogP contribution in [0.25, 0.3) is 11.8 Å². The lowest BCUT2D eigenvalue weighted by Gasteiger charge is -2.38. The Bertz CT molecular complexity index is 1480. The highest BCUT2D eigenvalue weighted by Crippen LogP contribution is 2.53. The van der Waals surface area contributed by atoms with E-state index in [9.17, 15) is 31.1 Å². The molecule has 2 aliphatic carbocycles. The maximum absolute atomic E-state index is 13.6. The predicted molar refractivity (Wildman–Crippen MR) is 133 cm³/mol. The molecular weight excluding hydrogens is 522 g/mol. The number of allylic oxidation sites excluding steroid dienone is 1. The number of fused-ring (bicyclic) bond motifs is 2. The average molecular weight is 550 g/mol. The molecule has 0 unspecified atom stereocenters. The van der Waals surface area contributed by atoms with E-state index in [1.165, 1.54) is 18.2 Å². The van der Waals surface area contributed by atoms with E-state index in [4.69, 9.17) is 0 Å². The van der Waals surface area contributed by atoms with Gasteiger partial charge in [-0.2, -0.15) is 22.6 Å². The summed E-state index contributed by atoms with van der Waals surface area (Å²) in [6.07, 6.45) is 0.865. The number of aliphatic hydroxyl groups excluding tert-OH is 1. The van der Waals surface area contributed by atoms with E-state index < -0.39 is 38.7 Å². The summed E-state index contributed by atoms with van der Waals surface area (Å²) < 4.78 is 84.0. The number of sulfonamides is 1. The topological polar surface area (TPSA) is 75.4 Å². The van der Waals surface area contributed by atoms with Crippen LogP contribution in [0.4, 0.5) is 17.6 Å². The second-order valence-corrected chi connectivity index (χ2v) is 11.9. The molecule has 0 bridgehead atoms. The summed E-state index contributed by atoms with van der Waals surface area (Å²) in [6.45, 7) is 1.19. The van der Waals surface area contributed by atoms with Crippen LogP contribution in [0, 0.1) is 17.2 Å². The standard InChI is InChI=1S/C27H27F4N3O3S/c1-26-15-18-16-32-34(22-10-8-21(28)9-11-22)24(18)14-19(26)6-7-20(26)17-33(12-13-35)38(36,37)25-5-3-2-4-23(25)27(29,30)31/h2-5,8-11,14,16,20,35H,6-7,12-13,15,17H2,1H3/t20-,26+/m1/s1. The van der Waals surface area contributed by atoms with Crippen molar-refractivity contribution in [1.82, 2.24) is 14.1 Å². The van der Waals surface area contributed by atoms with Gasteiger partial charge in [0.15, 0.2) is 0 Å². The summed E-state index contributed by atoms with van der Waals surface area (Å²) in [5.41, 5.74) is 1.99. The molecule has 1 aromatic heterocycles. The van der Waals surface area contributed by atoms with Gasteiger partial charge in [0.1, 0.15) is 5.82 Å². The molecule has 3 aromatic rings. The zero-order valence-corrected chi connectivity index (χ0v) is 21.4. The number of aromatic nitrogens is 2. The van der Waals surface area contributed by atoms with Gasteiger partial charge < -0.3 is 5.11 Å². The van der Waals surface area contributed by atoms with E-state index >= 15 is 0 Å². The van der Waals surface area contributed by atoms with Gasteiger partial charge in [0, 0.05) is 13.1 Å². The van der Waals surface area contributed by atoms with Crippen molar-refractivity contribution in [3.63, 3.8) is 0 Å². The number of benzene rings is 2. The summed E-state index contributed by atoms with van der Waals surface area (Å²) in [6, 6.07) is 10.1. The Morgan fingerprint density at radius 1 is 1.16 bits per heavy atom. The van der Waals surface area contributed by atoms with Crippen LogP contribution in [0.5, 0.6) is 0 Å². The van der Waals surface area contributed by atoms with Crippen molar-refractivity contribution < 1.29 is 31.1 Å². The maximum atomic E-state index is 13.6. The molecule has 0 radical (unpaired) electrons. The van der Waals surface area contributed by atoms with E-state index in [0.717, 1.165) is 39.3 Å². The zero-order valence-electron chi connectivity index (χ0n) is 20.6. The molecule has 2 aromatic carbocycles. The first-order valence-corrected chi connectivity index (χ1v) is 13.7. The Morgan fingerprint density at radius 3 is 2.55 bits per heavy atom. The minimum atomic E-state index is -4.84. The number of alkyl halides is 3. The van der Waals surface area contributed by atoms with E-state index in [1.807, 2.05) is 13.0 Å². The van der Waals surface area contributed by atoms with Crippen molar-refractivity contribution in [3.8, 4) is 5.69 Å². The maximum Gasteiger partial charge on any atom is 0.417 e. The van der Waals surface area contributed by atoms with Crippen molar-refractivity contribution in [2.75, 3.05) is 19.7 Å². The Balaban J connectivity index is 1.45. The molecule has 6 nitrogen and oxygen atoms in total. The third kappa shape index (κ3) is 4.56. The normalized spacial score (nSPS) is 21.3. The van der Waals surface area contributed by atoms with Gasteiger partial charge >= 0.3 is 6.18 Å². The van der Waals surface area contributed by atoms with Gasteiger partial charge in [-0.05, 0) is 78.6 Å². The first-order chi connectivity index (χ1) is 17.9. The summed E-state index contributed by atoms with van der Waals surface area (Å²) in [5, 5.41) is 14.1. The van der Waals surface area contributed by atoms with Crippen LogP contribution in [-0.2, 0) is 22.6 Å². The van der Waals surface area contributed by atoms with Gasteiger partial charge in [-0.1, -0.05) is 24.6 Å². The van der Waals surface area contributed by atoms with E-state index in [-0.39, 0.29) is 24.8 Å². The first kappa shape index (κ1) is 26.6. The molecule has 0 aliphatic heterocycles. The molecule has 0 spiro atoms. The van der Waals surface area contributed by atoms with Crippen molar-refractivity contribution in [2.24, 2.45) is 11.3 Å². The molecule has 1 fully saturated rings. The highest BCUT2D eigenvalue weighted by Gasteiger charge is 2.47. The smallest absolute Gasteiger partial charge is 0.395 e. The molecule has 1 heterocycles. The fraction of sp³-hybridized carbons (Fsp3) is 0.370. The molecule has 0 amide bonds. The number of rotatable bonds is 7.